The summed E-state index contributed by atoms with van der Waals surface area (Å²) in [5.41, 5.74) is 4.15. The highest BCUT2D eigenvalue weighted by Gasteiger charge is 2.04. The number of anilines is 1. The lowest BCUT2D eigenvalue weighted by atomic mass is 10.1. The number of nitrogens with zero attached hydrogens (tertiary/aromatic N) is 2. The molecule has 0 unspecified atom stereocenters. The molecule has 2 heterocycles. The number of fused-ring (bicyclic) bond motifs is 1. The van der Waals surface area contributed by atoms with Crippen LogP contribution in [-0.4, -0.2) is 16.4 Å². The van der Waals surface area contributed by atoms with Crippen LogP contribution >= 0.6 is 15.9 Å². The fourth-order valence-corrected chi connectivity index (χ4v) is 2.26. The zero-order valence-corrected chi connectivity index (χ0v) is 11.5. The van der Waals surface area contributed by atoms with Gasteiger partial charge in [-0.2, -0.15) is 0 Å². The van der Waals surface area contributed by atoms with E-state index in [1.54, 1.807) is 0 Å². The van der Waals surface area contributed by atoms with Crippen LogP contribution in [-0.2, 0) is 0 Å². The molecular weight excluding hydrogens is 290 g/mol. The Balaban J connectivity index is 2.07. The smallest absolute Gasteiger partial charge is 0.137 e. The molecule has 3 nitrogen and oxygen atoms in total. The first-order valence-electron chi connectivity index (χ1n) is 5.69. The summed E-state index contributed by atoms with van der Waals surface area (Å²) >= 11 is 3.46. The van der Waals surface area contributed by atoms with Crippen molar-refractivity contribution in [3.05, 3.63) is 53.3 Å². The van der Waals surface area contributed by atoms with Gasteiger partial charge < -0.3 is 9.72 Å². The first-order valence-corrected chi connectivity index (χ1v) is 6.48. The van der Waals surface area contributed by atoms with Crippen molar-refractivity contribution in [1.82, 2.24) is 9.38 Å². The third-order valence-corrected chi connectivity index (χ3v) is 3.35. The van der Waals surface area contributed by atoms with Crippen molar-refractivity contribution in [2.24, 2.45) is 0 Å². The van der Waals surface area contributed by atoms with Gasteiger partial charge in [-0.3, -0.25) is 0 Å². The Morgan fingerprint density at radius 1 is 1.06 bits per heavy atom. The number of hydrogen-bond acceptors (Lipinski definition) is 2. The van der Waals surface area contributed by atoms with Gasteiger partial charge in [0, 0.05) is 35.2 Å². The van der Waals surface area contributed by atoms with Gasteiger partial charge in [-0.25, -0.2) is 4.98 Å². The summed E-state index contributed by atoms with van der Waals surface area (Å²) in [5.74, 6) is 0. The van der Waals surface area contributed by atoms with Gasteiger partial charge in [-0.05, 0) is 40.2 Å². The van der Waals surface area contributed by atoms with E-state index in [-0.39, 0.29) is 0 Å². The Labute approximate surface area is 114 Å². The fraction of sp³-hybridized carbons (Fsp3) is 0.0714. The lowest BCUT2D eigenvalue weighted by Crippen LogP contribution is -1.86. The third-order valence-electron chi connectivity index (χ3n) is 2.88. The molecule has 0 amide bonds. The van der Waals surface area contributed by atoms with Crippen LogP contribution in [0.3, 0.4) is 0 Å². The molecule has 1 aromatic carbocycles. The molecule has 18 heavy (non-hydrogen) atoms. The molecule has 2 aromatic heterocycles. The number of hydrogen-bond donors (Lipinski definition) is 1. The molecule has 0 atom stereocenters. The van der Waals surface area contributed by atoms with E-state index in [1.165, 1.54) is 0 Å². The van der Waals surface area contributed by atoms with Gasteiger partial charge in [0.05, 0.1) is 5.69 Å². The number of halogens is 1. The number of imidazole rings is 1. The van der Waals surface area contributed by atoms with Gasteiger partial charge in [-0.1, -0.05) is 12.1 Å². The maximum absolute atomic E-state index is 4.60. The maximum Gasteiger partial charge on any atom is 0.137 e. The third kappa shape index (κ3) is 1.99. The highest BCUT2D eigenvalue weighted by molar-refractivity contribution is 9.10. The predicted molar refractivity (Wildman–Crippen MR) is 77.9 cm³/mol. The molecule has 3 rings (SSSR count). The molecule has 0 fully saturated rings. The second-order valence-electron chi connectivity index (χ2n) is 4.07. The number of rotatable bonds is 2. The molecule has 0 bridgehead atoms. The minimum atomic E-state index is 0.950. The van der Waals surface area contributed by atoms with Crippen molar-refractivity contribution in [3.63, 3.8) is 0 Å². The molecule has 4 heteroatoms. The molecule has 0 radical (unpaired) electrons. The van der Waals surface area contributed by atoms with Crippen LogP contribution in [0.1, 0.15) is 0 Å². The van der Waals surface area contributed by atoms with Crippen molar-refractivity contribution in [3.8, 4) is 11.3 Å². The van der Waals surface area contributed by atoms with Crippen LogP contribution in [0.25, 0.3) is 16.9 Å². The Bertz CT molecular complexity index is 686. The summed E-state index contributed by atoms with van der Waals surface area (Å²) in [6.45, 7) is 0. The molecule has 0 aliphatic carbocycles. The quantitative estimate of drug-likeness (QED) is 0.780. The van der Waals surface area contributed by atoms with Crippen molar-refractivity contribution < 1.29 is 0 Å². The van der Waals surface area contributed by atoms with E-state index in [0.717, 1.165) is 27.1 Å². The minimum Gasteiger partial charge on any atom is -0.388 e. The van der Waals surface area contributed by atoms with Crippen molar-refractivity contribution >= 4 is 27.3 Å². The van der Waals surface area contributed by atoms with Crippen LogP contribution in [0, 0.1) is 0 Å². The highest BCUT2D eigenvalue weighted by atomic mass is 79.9. The van der Waals surface area contributed by atoms with E-state index in [1.807, 2.05) is 36.0 Å². The maximum atomic E-state index is 4.60. The molecule has 3 aromatic rings. The molecule has 0 saturated carbocycles. The summed E-state index contributed by atoms with van der Waals surface area (Å²) in [5, 5.41) is 3.11. The first kappa shape index (κ1) is 11.3. The topological polar surface area (TPSA) is 29.3 Å². The highest BCUT2D eigenvalue weighted by Crippen LogP contribution is 2.22. The summed E-state index contributed by atoms with van der Waals surface area (Å²) in [6.07, 6.45) is 4.04. The summed E-state index contributed by atoms with van der Waals surface area (Å²) in [7, 11) is 1.91. The molecule has 0 aliphatic heterocycles. The van der Waals surface area contributed by atoms with Crippen LogP contribution in [0.15, 0.2) is 53.3 Å². The Morgan fingerprint density at radius 3 is 2.56 bits per heavy atom. The largest absolute Gasteiger partial charge is 0.388 e. The van der Waals surface area contributed by atoms with Gasteiger partial charge in [0.25, 0.3) is 0 Å². The number of benzene rings is 1. The van der Waals surface area contributed by atoms with Gasteiger partial charge in [0.2, 0.25) is 0 Å². The van der Waals surface area contributed by atoms with E-state index in [9.17, 15) is 0 Å². The fourth-order valence-electron chi connectivity index (χ4n) is 1.91. The SMILES string of the molecule is CNc1ccc(-c2cn3cc(Br)ccc3n2)cc1. The van der Waals surface area contributed by atoms with E-state index >= 15 is 0 Å². The second-order valence-corrected chi connectivity index (χ2v) is 4.98. The van der Waals surface area contributed by atoms with Crippen LogP contribution < -0.4 is 5.32 Å². The van der Waals surface area contributed by atoms with Crippen molar-refractivity contribution in [2.75, 3.05) is 12.4 Å². The number of pyridine rings is 1. The first-order chi connectivity index (χ1) is 8.76. The van der Waals surface area contributed by atoms with Gasteiger partial charge >= 0.3 is 0 Å². The molecular formula is C14H12BrN3. The molecule has 90 valence electrons. The van der Waals surface area contributed by atoms with Crippen LogP contribution in [0.5, 0.6) is 0 Å². The Hall–Kier alpha value is -1.81. The van der Waals surface area contributed by atoms with E-state index in [0.29, 0.717) is 0 Å². The lowest BCUT2D eigenvalue weighted by Gasteiger charge is -2.00. The van der Waals surface area contributed by atoms with Gasteiger partial charge in [0.1, 0.15) is 5.65 Å². The van der Waals surface area contributed by atoms with E-state index in [4.69, 9.17) is 0 Å². The standard InChI is InChI=1S/C14H12BrN3/c1-16-12-5-2-10(3-6-12)13-9-18-8-11(15)4-7-14(18)17-13/h2-9,16H,1H3. The van der Waals surface area contributed by atoms with E-state index in [2.05, 4.69) is 50.5 Å². The molecule has 0 aliphatic rings. The zero-order valence-electron chi connectivity index (χ0n) is 9.89. The molecule has 0 saturated heterocycles. The summed E-state index contributed by atoms with van der Waals surface area (Å²) in [6, 6.07) is 12.2. The Morgan fingerprint density at radius 2 is 1.83 bits per heavy atom. The minimum absolute atomic E-state index is 0.950. The summed E-state index contributed by atoms with van der Waals surface area (Å²) in [4.78, 5) is 4.60. The van der Waals surface area contributed by atoms with Crippen LogP contribution in [0.2, 0.25) is 0 Å². The molecule has 1 N–H and O–H groups in total. The zero-order chi connectivity index (χ0) is 12.5. The predicted octanol–water partition coefficient (Wildman–Crippen LogP) is 3.81. The van der Waals surface area contributed by atoms with Gasteiger partial charge in [-0.15, -0.1) is 0 Å². The van der Waals surface area contributed by atoms with Crippen molar-refractivity contribution in [1.29, 1.82) is 0 Å². The Kier molecular flexibility index (Phi) is 2.80. The molecule has 0 spiro atoms. The average Bonchev–Trinajstić information content (AvgIpc) is 2.81. The summed E-state index contributed by atoms with van der Waals surface area (Å²) < 4.78 is 3.07. The normalized spacial score (nSPS) is 10.8. The van der Waals surface area contributed by atoms with Gasteiger partial charge in [0.15, 0.2) is 0 Å². The van der Waals surface area contributed by atoms with E-state index < -0.39 is 0 Å². The second kappa shape index (κ2) is 4.46. The number of nitrogens with one attached hydrogen (secondary N) is 1. The lowest BCUT2D eigenvalue weighted by molar-refractivity contribution is 1.17. The number of aromatic nitrogens is 2. The average molecular weight is 302 g/mol. The van der Waals surface area contributed by atoms with Crippen LogP contribution in [0.4, 0.5) is 5.69 Å². The van der Waals surface area contributed by atoms with Crippen molar-refractivity contribution in [2.45, 2.75) is 0 Å². The monoisotopic (exact) mass is 301 g/mol.